The van der Waals surface area contributed by atoms with Crippen molar-refractivity contribution < 1.29 is 49.5 Å². The van der Waals surface area contributed by atoms with Gasteiger partial charge >= 0.3 is 391 Å². The van der Waals surface area contributed by atoms with E-state index in [1.807, 2.05) is 0 Å². The Morgan fingerprint density at radius 1 is 0.463 bits per heavy atom. The normalized spacial score (nSPS) is 14.6. The standard InChI is InChI=1S/C64H55.2ClH.Zr/c1-63(2,3)61-53(49-25-15-9-16-26-49)41-52-42-54-57(50-29-19-20-30-50)59(51-27-17-10-18-28-51)62(64(4,5)6)56(40-44-33-37-48(38-34-44)46-23-13-8-14-24-46)60(54)58(52)55(61)39-43-31-35-47(36-32-43)45-21-11-7-12-22-45;;;/h7-29,31-42H,30H2,1-6H3;2*1H;/q;;;+2/p-2. The predicted molar refractivity (Wildman–Crippen MR) is 273 cm³/mol. The molecule has 1 atom stereocenters. The van der Waals surface area contributed by atoms with Gasteiger partial charge < -0.3 is 24.8 Å². The molecule has 8 aromatic carbocycles. The molecule has 0 saturated heterocycles. The maximum absolute atomic E-state index is 2.60. The third-order valence-electron chi connectivity index (χ3n) is 13.2. The van der Waals surface area contributed by atoms with Gasteiger partial charge in [0.15, 0.2) is 0 Å². The summed E-state index contributed by atoms with van der Waals surface area (Å²) in [5.41, 5.74) is 20.7. The molecule has 0 fully saturated rings. The molecule has 8 aromatic rings. The minimum atomic E-state index is -0.204. The Kier molecular flexibility index (Phi) is 14.0. The van der Waals surface area contributed by atoms with Crippen LogP contribution in [-0.2, 0) is 35.5 Å². The second kappa shape index (κ2) is 19.6. The summed E-state index contributed by atoms with van der Waals surface area (Å²) in [6.07, 6.45) is 13.0. The van der Waals surface area contributed by atoms with Crippen LogP contribution < -0.4 is 35.3 Å². The van der Waals surface area contributed by atoms with Gasteiger partial charge in [-0.25, -0.2) is 0 Å². The van der Waals surface area contributed by atoms with E-state index in [9.17, 15) is 0 Å². The Bertz CT molecular complexity index is 3360. The third kappa shape index (κ3) is 9.24. The second-order valence-corrected chi connectivity index (χ2v) is 21.2. The van der Waals surface area contributed by atoms with E-state index in [0.717, 1.165) is 6.42 Å². The van der Waals surface area contributed by atoms with Crippen molar-refractivity contribution in [3.8, 4) is 44.5 Å². The Labute approximate surface area is 424 Å². The van der Waals surface area contributed by atoms with Crippen LogP contribution in [0.5, 0.6) is 0 Å². The SMILES string of the molecule is CC(C)(C)c1c(-c2ccccc2)cc2c(c1=Cc1ccc(-c3ccccc3)cc1)=c1c(c(C3=CC=CC3)c(-c3ccccc3)c(C(C)(C)C)c1=Cc1ccc(-c3ccccc3)cc1)[CH]2[Zr+2].[Cl-].[Cl-]. The van der Waals surface area contributed by atoms with Crippen LogP contribution >= 0.6 is 0 Å². The number of hydrogen-bond donors (Lipinski definition) is 0. The molecule has 0 nitrogen and oxygen atoms in total. The summed E-state index contributed by atoms with van der Waals surface area (Å²) < 4.78 is 0.219. The average Bonchev–Trinajstić information content (AvgIpc) is 3.96. The van der Waals surface area contributed by atoms with Crippen LogP contribution in [0.3, 0.4) is 0 Å². The first-order valence-corrected chi connectivity index (χ1v) is 24.5. The summed E-state index contributed by atoms with van der Waals surface area (Å²) in [5.74, 6) is 0. The molecule has 0 N–H and O–H groups in total. The summed E-state index contributed by atoms with van der Waals surface area (Å²) in [6.45, 7) is 14.5. The van der Waals surface area contributed by atoms with E-state index >= 15 is 0 Å². The molecule has 0 aliphatic heterocycles. The van der Waals surface area contributed by atoms with Gasteiger partial charge in [0, 0.05) is 0 Å². The number of hydrogen-bond acceptors (Lipinski definition) is 0. The summed E-state index contributed by atoms with van der Waals surface area (Å²) >= 11 is 1.49. The number of allylic oxidation sites excluding steroid dienone is 4. The fraction of sp³-hybridized carbons (Fsp3) is 0.156. The number of fused-ring (bicyclic) bond motifs is 2. The quantitative estimate of drug-likeness (QED) is 0.150. The van der Waals surface area contributed by atoms with Gasteiger partial charge in [-0.3, -0.25) is 0 Å². The zero-order valence-corrected chi connectivity index (χ0v) is 43.1. The van der Waals surface area contributed by atoms with Gasteiger partial charge in [0.2, 0.25) is 0 Å². The maximum Gasteiger partial charge on any atom is -1.00 e. The van der Waals surface area contributed by atoms with Crippen molar-refractivity contribution in [1.82, 2.24) is 0 Å². The van der Waals surface area contributed by atoms with E-state index in [-0.39, 0.29) is 39.3 Å². The molecule has 0 spiro atoms. The van der Waals surface area contributed by atoms with E-state index in [4.69, 9.17) is 0 Å². The van der Waals surface area contributed by atoms with Crippen LogP contribution in [0.4, 0.5) is 0 Å². The van der Waals surface area contributed by atoms with Crippen molar-refractivity contribution in [3.63, 3.8) is 0 Å². The molecule has 0 radical (unpaired) electrons. The molecule has 2 aliphatic carbocycles. The van der Waals surface area contributed by atoms with Gasteiger partial charge in [0.05, 0.1) is 0 Å². The molecular weight excluding hydrogens is 931 g/mol. The first-order valence-electron chi connectivity index (χ1n) is 23.1. The van der Waals surface area contributed by atoms with Crippen molar-refractivity contribution >= 4 is 17.7 Å². The molecule has 0 heterocycles. The zero-order chi connectivity index (χ0) is 44.9. The second-order valence-electron chi connectivity index (χ2n) is 19.8. The van der Waals surface area contributed by atoms with Crippen molar-refractivity contribution in [2.24, 2.45) is 0 Å². The van der Waals surface area contributed by atoms with E-state index < -0.39 is 0 Å². The van der Waals surface area contributed by atoms with Crippen molar-refractivity contribution in [2.45, 2.75) is 62.4 Å². The van der Waals surface area contributed by atoms with Gasteiger partial charge in [-0.2, -0.15) is 0 Å². The Morgan fingerprint density at radius 3 is 1.31 bits per heavy atom. The van der Waals surface area contributed by atoms with Gasteiger partial charge in [0.25, 0.3) is 0 Å². The van der Waals surface area contributed by atoms with E-state index in [2.05, 4.69) is 248 Å². The van der Waals surface area contributed by atoms with Crippen molar-refractivity contribution in [2.75, 3.05) is 0 Å². The number of benzene rings is 8. The molecule has 0 aromatic heterocycles. The minimum Gasteiger partial charge on any atom is -1.00 e. The molecule has 67 heavy (non-hydrogen) atoms. The molecule has 329 valence electrons. The molecule has 3 heteroatoms. The largest absolute Gasteiger partial charge is 1.00 e. The Balaban J connectivity index is 0.00000304. The first-order chi connectivity index (χ1) is 31.5. The summed E-state index contributed by atoms with van der Waals surface area (Å²) in [6, 6.07) is 64.9. The van der Waals surface area contributed by atoms with Gasteiger partial charge in [-0.05, 0) is 0 Å². The summed E-state index contributed by atoms with van der Waals surface area (Å²) in [7, 11) is 0. The molecule has 0 saturated carbocycles. The smallest absolute Gasteiger partial charge is 1.00 e. The molecule has 0 bridgehead atoms. The molecule has 2 aliphatic rings. The van der Waals surface area contributed by atoms with Crippen LogP contribution in [0.15, 0.2) is 194 Å². The van der Waals surface area contributed by atoms with E-state index in [1.54, 1.807) is 0 Å². The van der Waals surface area contributed by atoms with E-state index in [1.165, 1.54) is 135 Å². The Hall–Kier alpha value is -5.56. The number of halogens is 2. The molecule has 0 amide bonds. The van der Waals surface area contributed by atoms with Gasteiger partial charge in [-0.15, -0.1) is 0 Å². The fourth-order valence-electron chi connectivity index (χ4n) is 10.5. The van der Waals surface area contributed by atoms with Gasteiger partial charge in [0.1, 0.15) is 0 Å². The average molecular weight is 986 g/mol. The first kappa shape index (κ1) is 47.9. The monoisotopic (exact) mass is 983 g/mol. The summed E-state index contributed by atoms with van der Waals surface area (Å²) in [5, 5.41) is 5.46. The van der Waals surface area contributed by atoms with Crippen molar-refractivity contribution in [1.29, 1.82) is 0 Å². The van der Waals surface area contributed by atoms with Crippen LogP contribution in [0.25, 0.3) is 62.2 Å². The molecule has 1 unspecified atom stereocenters. The van der Waals surface area contributed by atoms with Crippen LogP contribution in [-0.4, -0.2) is 0 Å². The minimum absolute atomic E-state index is 0. The number of rotatable bonds is 7. The summed E-state index contributed by atoms with van der Waals surface area (Å²) in [4.78, 5) is 0. The fourth-order valence-corrected chi connectivity index (χ4v) is 11.7. The molecular formula is C64H55Cl2Zr. The molecule has 10 rings (SSSR count). The predicted octanol–water partition coefficient (Wildman–Crippen LogP) is 9.20. The van der Waals surface area contributed by atoms with Gasteiger partial charge in [-0.1, -0.05) is 12.1 Å². The van der Waals surface area contributed by atoms with Crippen LogP contribution in [0, 0.1) is 10.4 Å². The Morgan fingerprint density at radius 2 is 0.881 bits per heavy atom. The van der Waals surface area contributed by atoms with Crippen LogP contribution in [0.2, 0.25) is 0 Å². The topological polar surface area (TPSA) is 0 Å². The van der Waals surface area contributed by atoms with Crippen LogP contribution in [0.1, 0.15) is 90.5 Å². The van der Waals surface area contributed by atoms with E-state index in [0.29, 0.717) is 0 Å². The van der Waals surface area contributed by atoms with Crippen molar-refractivity contribution in [3.05, 3.63) is 254 Å². The third-order valence-corrected chi connectivity index (χ3v) is 14.7. The zero-order valence-electron chi connectivity index (χ0n) is 39.2. The maximum atomic E-state index is 2.60.